The maximum atomic E-state index is 11.0. The number of rotatable bonds is 1. The van der Waals surface area contributed by atoms with Crippen LogP contribution in [0.25, 0.3) is 0 Å². The van der Waals surface area contributed by atoms with Crippen molar-refractivity contribution < 1.29 is 4.76 Å². The van der Waals surface area contributed by atoms with Crippen LogP contribution in [0, 0.1) is 10.8 Å². The second kappa shape index (κ2) is 2.73. The van der Waals surface area contributed by atoms with Gasteiger partial charge in [0.25, 0.3) is 0 Å². The summed E-state index contributed by atoms with van der Waals surface area (Å²) in [4.78, 5) is 14.9. The molecule has 1 unspecified atom stereocenters. The van der Waals surface area contributed by atoms with Crippen molar-refractivity contribution in [2.45, 2.75) is 19.9 Å². The standard InChI is InChI=1S/C7H11N2O/c1-6(2)7-5-8-3-4-9(7)10/h3-7H,1-2H3/q+1. The highest BCUT2D eigenvalue weighted by Crippen LogP contribution is 2.06. The molecule has 0 spiro atoms. The summed E-state index contributed by atoms with van der Waals surface area (Å²) in [6.45, 7) is 4.00. The molecule has 1 aliphatic heterocycles. The molecule has 3 nitrogen and oxygen atoms in total. The van der Waals surface area contributed by atoms with Gasteiger partial charge in [0.1, 0.15) is 0 Å². The average Bonchev–Trinajstić information content (AvgIpc) is 1.88. The molecule has 0 aromatic heterocycles. The topological polar surface area (TPSA) is 32.4 Å². The first-order chi connectivity index (χ1) is 4.72. The van der Waals surface area contributed by atoms with Gasteiger partial charge in [0, 0.05) is 15.6 Å². The molecule has 0 aromatic carbocycles. The Bertz CT molecular complexity index is 194. The zero-order valence-electron chi connectivity index (χ0n) is 6.19. The first kappa shape index (κ1) is 7.12. The second-order valence-electron chi connectivity index (χ2n) is 2.69. The third-order valence-corrected chi connectivity index (χ3v) is 1.52. The third kappa shape index (κ3) is 1.29. The summed E-state index contributed by atoms with van der Waals surface area (Å²) in [6.07, 6.45) is 4.63. The van der Waals surface area contributed by atoms with Gasteiger partial charge in [0.15, 0.2) is 0 Å². The van der Waals surface area contributed by atoms with Gasteiger partial charge in [-0.1, -0.05) is 13.8 Å². The molecule has 0 aliphatic carbocycles. The van der Waals surface area contributed by atoms with E-state index in [1.54, 1.807) is 6.21 Å². The van der Waals surface area contributed by atoms with Crippen molar-refractivity contribution in [3.8, 4) is 0 Å². The number of aliphatic imine (C=N–C) groups is 1. The van der Waals surface area contributed by atoms with Crippen LogP contribution in [0.4, 0.5) is 0 Å². The average molecular weight is 139 g/mol. The van der Waals surface area contributed by atoms with Crippen LogP contribution in [-0.4, -0.2) is 17.0 Å². The molecule has 0 amide bonds. The molecule has 1 heterocycles. The molecular formula is C7H11N2O+. The minimum absolute atomic E-state index is 0.0787. The van der Waals surface area contributed by atoms with Gasteiger partial charge in [-0.2, -0.15) is 0 Å². The van der Waals surface area contributed by atoms with Gasteiger partial charge >= 0.3 is 0 Å². The molecule has 0 bridgehead atoms. The summed E-state index contributed by atoms with van der Waals surface area (Å²) in [5.74, 6) is 0.325. The molecule has 0 fully saturated rings. The quantitative estimate of drug-likeness (QED) is 0.504. The lowest BCUT2D eigenvalue weighted by Gasteiger charge is -2.06. The molecule has 3 heteroatoms. The van der Waals surface area contributed by atoms with Crippen molar-refractivity contribution in [3.05, 3.63) is 17.3 Å². The van der Waals surface area contributed by atoms with E-state index in [-0.39, 0.29) is 6.04 Å². The fourth-order valence-electron chi connectivity index (χ4n) is 0.873. The van der Waals surface area contributed by atoms with E-state index >= 15 is 0 Å². The number of hydrogen-bond donors (Lipinski definition) is 0. The predicted molar refractivity (Wildman–Crippen MR) is 39.9 cm³/mol. The van der Waals surface area contributed by atoms with E-state index in [2.05, 4.69) is 4.99 Å². The highest BCUT2D eigenvalue weighted by atomic mass is 16.3. The highest BCUT2D eigenvalue weighted by molar-refractivity contribution is 5.64. The normalized spacial score (nSPS) is 24.3. The lowest BCUT2D eigenvalue weighted by atomic mass is 10.1. The molecule has 1 rings (SSSR count). The minimum atomic E-state index is -0.0787. The Morgan fingerprint density at radius 3 is 2.70 bits per heavy atom. The smallest absolute Gasteiger partial charge is 0.244 e. The van der Waals surface area contributed by atoms with Gasteiger partial charge < -0.3 is 0 Å². The molecule has 0 radical (unpaired) electrons. The molecule has 1 aliphatic rings. The van der Waals surface area contributed by atoms with Crippen LogP contribution < -0.4 is 0 Å². The Kier molecular flexibility index (Phi) is 1.94. The summed E-state index contributed by atoms with van der Waals surface area (Å²) < 4.78 is 0.928. The van der Waals surface area contributed by atoms with Crippen LogP contribution in [-0.2, 0) is 0 Å². The third-order valence-electron chi connectivity index (χ3n) is 1.52. The molecule has 0 saturated heterocycles. The molecular weight excluding hydrogens is 128 g/mol. The van der Waals surface area contributed by atoms with Crippen LogP contribution in [0.1, 0.15) is 13.8 Å². The minimum Gasteiger partial charge on any atom is -0.256 e. The summed E-state index contributed by atoms with van der Waals surface area (Å²) in [7, 11) is 0. The Hall–Kier alpha value is -0.990. The van der Waals surface area contributed by atoms with E-state index in [4.69, 9.17) is 0 Å². The molecule has 10 heavy (non-hydrogen) atoms. The Balaban J connectivity index is 2.70. The van der Waals surface area contributed by atoms with Crippen molar-refractivity contribution in [3.63, 3.8) is 0 Å². The van der Waals surface area contributed by atoms with Crippen molar-refractivity contribution in [1.29, 1.82) is 0 Å². The predicted octanol–water partition coefficient (Wildman–Crippen LogP) is 1.35. The zero-order chi connectivity index (χ0) is 7.56. The van der Waals surface area contributed by atoms with Crippen molar-refractivity contribution >= 4 is 6.21 Å². The summed E-state index contributed by atoms with van der Waals surface area (Å²) in [6, 6.07) is -0.0787. The first-order valence-electron chi connectivity index (χ1n) is 3.37. The number of hydrogen-bond acceptors (Lipinski definition) is 2. The van der Waals surface area contributed by atoms with E-state index in [0.717, 1.165) is 4.76 Å². The largest absolute Gasteiger partial charge is 0.256 e. The van der Waals surface area contributed by atoms with E-state index in [1.165, 1.54) is 12.4 Å². The van der Waals surface area contributed by atoms with Gasteiger partial charge in [0.05, 0.1) is 12.4 Å². The van der Waals surface area contributed by atoms with E-state index in [1.807, 2.05) is 13.8 Å². The summed E-state index contributed by atoms with van der Waals surface area (Å²) in [5.41, 5.74) is 0. The van der Waals surface area contributed by atoms with Crippen LogP contribution in [0.2, 0.25) is 0 Å². The zero-order valence-corrected chi connectivity index (χ0v) is 6.19. The molecule has 0 aromatic rings. The SMILES string of the molecule is CC(C)C1C=NC=C[N+]1=O. The Morgan fingerprint density at radius 1 is 1.60 bits per heavy atom. The van der Waals surface area contributed by atoms with E-state index < -0.39 is 0 Å². The maximum Gasteiger partial charge on any atom is 0.244 e. The summed E-state index contributed by atoms with van der Waals surface area (Å²) >= 11 is 0. The van der Waals surface area contributed by atoms with Gasteiger partial charge in [-0.25, -0.2) is 0 Å². The Labute approximate surface area is 60.0 Å². The van der Waals surface area contributed by atoms with Crippen molar-refractivity contribution in [2.75, 3.05) is 0 Å². The maximum absolute atomic E-state index is 11.0. The summed E-state index contributed by atoms with van der Waals surface area (Å²) in [5, 5.41) is 0. The number of nitroso groups, excluding NO2 is 1. The molecule has 0 N–H and O–H groups in total. The van der Waals surface area contributed by atoms with Crippen LogP contribution in [0.15, 0.2) is 17.4 Å². The highest BCUT2D eigenvalue weighted by Gasteiger charge is 2.26. The van der Waals surface area contributed by atoms with Gasteiger partial charge in [0.2, 0.25) is 12.2 Å². The van der Waals surface area contributed by atoms with Gasteiger partial charge in [-0.05, 0) is 0 Å². The number of nitrogens with zero attached hydrogens (tertiary/aromatic N) is 2. The van der Waals surface area contributed by atoms with E-state index in [9.17, 15) is 4.91 Å². The molecule has 54 valence electrons. The fourth-order valence-corrected chi connectivity index (χ4v) is 0.873. The van der Waals surface area contributed by atoms with Crippen LogP contribution in [0.5, 0.6) is 0 Å². The Morgan fingerprint density at radius 2 is 2.30 bits per heavy atom. The van der Waals surface area contributed by atoms with E-state index in [0.29, 0.717) is 5.92 Å². The van der Waals surface area contributed by atoms with Crippen LogP contribution in [0.3, 0.4) is 0 Å². The first-order valence-corrected chi connectivity index (χ1v) is 3.37. The van der Waals surface area contributed by atoms with Gasteiger partial charge in [-0.3, -0.25) is 4.99 Å². The second-order valence-corrected chi connectivity index (χ2v) is 2.69. The lowest BCUT2D eigenvalue weighted by molar-refractivity contribution is -0.509. The molecule has 1 atom stereocenters. The van der Waals surface area contributed by atoms with Crippen LogP contribution >= 0.6 is 0 Å². The van der Waals surface area contributed by atoms with Crippen molar-refractivity contribution in [2.24, 2.45) is 10.9 Å². The monoisotopic (exact) mass is 139 g/mol. The van der Waals surface area contributed by atoms with Crippen molar-refractivity contribution in [1.82, 2.24) is 0 Å². The van der Waals surface area contributed by atoms with Gasteiger partial charge in [-0.15, -0.1) is 0 Å². The lowest BCUT2D eigenvalue weighted by Crippen LogP contribution is -2.28. The fraction of sp³-hybridized carbons (Fsp3) is 0.571. The molecule has 0 saturated carbocycles.